The third-order valence-electron chi connectivity index (χ3n) is 3.88. The molecule has 2 aromatic carbocycles. The van der Waals surface area contributed by atoms with Gasteiger partial charge in [0.1, 0.15) is 11.5 Å². The van der Waals surface area contributed by atoms with E-state index in [0.29, 0.717) is 17.0 Å². The molecule has 3 rings (SSSR count). The second kappa shape index (κ2) is 8.19. The second-order valence-corrected chi connectivity index (χ2v) is 6.22. The molecule has 1 heterocycles. The van der Waals surface area contributed by atoms with Gasteiger partial charge in [-0.05, 0) is 55.8 Å². The maximum Gasteiger partial charge on any atom is 0.272 e. The third-order valence-corrected chi connectivity index (χ3v) is 3.88. The molecule has 3 aromatic rings. The van der Waals surface area contributed by atoms with E-state index in [2.05, 4.69) is 10.6 Å². The Hall–Kier alpha value is -3.60. The van der Waals surface area contributed by atoms with Gasteiger partial charge < -0.3 is 15.1 Å². The van der Waals surface area contributed by atoms with E-state index in [-0.39, 0.29) is 11.6 Å². The van der Waals surface area contributed by atoms with Crippen LogP contribution in [0.1, 0.15) is 27.2 Å². The van der Waals surface area contributed by atoms with Crippen molar-refractivity contribution < 1.29 is 14.0 Å². The van der Waals surface area contributed by atoms with Gasteiger partial charge in [0.15, 0.2) is 0 Å². The van der Waals surface area contributed by atoms with Gasteiger partial charge in [0.05, 0.1) is 6.26 Å². The van der Waals surface area contributed by atoms with Gasteiger partial charge in [0, 0.05) is 17.3 Å². The van der Waals surface area contributed by atoms with Crippen LogP contribution in [-0.4, -0.2) is 11.8 Å². The lowest BCUT2D eigenvalue weighted by Gasteiger charge is -2.11. The average Bonchev–Trinajstić information content (AvgIpc) is 3.14. The number of hydrogen-bond acceptors (Lipinski definition) is 3. The van der Waals surface area contributed by atoms with Crippen molar-refractivity contribution in [1.29, 1.82) is 0 Å². The van der Waals surface area contributed by atoms with E-state index in [9.17, 15) is 9.59 Å². The summed E-state index contributed by atoms with van der Waals surface area (Å²) in [5.41, 5.74) is 3.20. The molecule has 5 heteroatoms. The molecule has 27 heavy (non-hydrogen) atoms. The normalized spacial score (nSPS) is 11.1. The minimum atomic E-state index is -0.432. The quantitative estimate of drug-likeness (QED) is 0.666. The van der Waals surface area contributed by atoms with Crippen LogP contribution in [-0.2, 0) is 4.79 Å². The molecule has 0 saturated heterocycles. The molecule has 0 atom stereocenters. The van der Waals surface area contributed by atoms with Gasteiger partial charge >= 0.3 is 0 Å². The molecule has 136 valence electrons. The molecule has 0 unspecified atom stereocenters. The van der Waals surface area contributed by atoms with Crippen LogP contribution in [0.2, 0.25) is 0 Å². The van der Waals surface area contributed by atoms with Crippen LogP contribution < -0.4 is 10.6 Å². The Morgan fingerprint density at radius 3 is 2.33 bits per heavy atom. The van der Waals surface area contributed by atoms with Gasteiger partial charge in [-0.2, -0.15) is 0 Å². The van der Waals surface area contributed by atoms with Crippen LogP contribution in [0.3, 0.4) is 0 Å². The van der Waals surface area contributed by atoms with E-state index in [4.69, 9.17) is 4.42 Å². The Labute approximate surface area is 157 Å². The number of carbonyl (C=O) groups is 2. The number of furan rings is 1. The smallest absolute Gasteiger partial charge is 0.272 e. The number of anilines is 1. The van der Waals surface area contributed by atoms with Crippen molar-refractivity contribution in [2.24, 2.45) is 0 Å². The van der Waals surface area contributed by atoms with Crippen LogP contribution in [0.15, 0.2) is 77.0 Å². The first-order valence-electron chi connectivity index (χ1n) is 8.52. The van der Waals surface area contributed by atoms with E-state index < -0.39 is 5.91 Å². The fourth-order valence-corrected chi connectivity index (χ4v) is 2.58. The molecule has 0 aliphatic rings. The largest absolute Gasteiger partial charge is 0.465 e. The second-order valence-electron chi connectivity index (χ2n) is 6.22. The van der Waals surface area contributed by atoms with E-state index in [1.807, 2.05) is 38.1 Å². The molecule has 0 spiro atoms. The summed E-state index contributed by atoms with van der Waals surface area (Å²) in [5.74, 6) is -0.331. The predicted octanol–water partition coefficient (Wildman–Crippen LogP) is 4.31. The van der Waals surface area contributed by atoms with E-state index in [1.165, 1.54) is 12.3 Å². The molecule has 0 aliphatic carbocycles. The first-order valence-corrected chi connectivity index (χ1v) is 8.52. The van der Waals surface area contributed by atoms with Crippen molar-refractivity contribution in [3.63, 3.8) is 0 Å². The molecule has 0 fully saturated rings. The Kier molecular flexibility index (Phi) is 5.52. The van der Waals surface area contributed by atoms with Crippen LogP contribution in [0, 0.1) is 13.8 Å². The van der Waals surface area contributed by atoms with Gasteiger partial charge in [-0.25, -0.2) is 0 Å². The van der Waals surface area contributed by atoms with Gasteiger partial charge in [-0.1, -0.05) is 29.8 Å². The lowest BCUT2D eigenvalue weighted by atomic mass is 10.1. The molecule has 5 nitrogen and oxygen atoms in total. The highest BCUT2D eigenvalue weighted by atomic mass is 16.3. The lowest BCUT2D eigenvalue weighted by Crippen LogP contribution is -2.30. The highest BCUT2D eigenvalue weighted by molar-refractivity contribution is 6.10. The number of benzene rings is 2. The molecule has 2 amide bonds. The summed E-state index contributed by atoms with van der Waals surface area (Å²) >= 11 is 0. The summed E-state index contributed by atoms with van der Waals surface area (Å²) in [5, 5.41) is 5.48. The van der Waals surface area contributed by atoms with Gasteiger partial charge in [0.2, 0.25) is 0 Å². The molecule has 0 saturated carbocycles. The van der Waals surface area contributed by atoms with Gasteiger partial charge in [-0.3, -0.25) is 9.59 Å². The number of carbonyl (C=O) groups excluding carboxylic acids is 2. The van der Waals surface area contributed by atoms with Crippen molar-refractivity contribution in [2.75, 3.05) is 5.32 Å². The minimum Gasteiger partial charge on any atom is -0.465 e. The van der Waals surface area contributed by atoms with Crippen LogP contribution in [0.5, 0.6) is 0 Å². The monoisotopic (exact) mass is 360 g/mol. The summed E-state index contributed by atoms with van der Waals surface area (Å²) in [6, 6.07) is 18.0. The Balaban J connectivity index is 1.85. The van der Waals surface area contributed by atoms with Crippen molar-refractivity contribution >= 4 is 23.6 Å². The van der Waals surface area contributed by atoms with E-state index in [1.54, 1.807) is 36.4 Å². The number of aryl methyl sites for hydroxylation is 2. The summed E-state index contributed by atoms with van der Waals surface area (Å²) in [6.07, 6.45) is 3.00. The SMILES string of the molecule is Cc1cccc(NC(=O)/C(=C/c2ccco2)NC(=O)c2cccc(C)c2)c1. The van der Waals surface area contributed by atoms with Crippen LogP contribution >= 0.6 is 0 Å². The topological polar surface area (TPSA) is 71.3 Å². The Morgan fingerprint density at radius 2 is 1.67 bits per heavy atom. The number of amides is 2. The van der Waals surface area contributed by atoms with Gasteiger partial charge in [0.25, 0.3) is 11.8 Å². The van der Waals surface area contributed by atoms with E-state index in [0.717, 1.165) is 11.1 Å². The zero-order valence-electron chi connectivity index (χ0n) is 15.2. The molecular formula is C22H20N2O3. The number of hydrogen-bond donors (Lipinski definition) is 2. The Morgan fingerprint density at radius 1 is 0.926 bits per heavy atom. The molecule has 1 aromatic heterocycles. The maximum atomic E-state index is 12.7. The Bertz CT molecular complexity index is 988. The van der Waals surface area contributed by atoms with Crippen molar-refractivity contribution in [1.82, 2.24) is 5.32 Å². The van der Waals surface area contributed by atoms with E-state index >= 15 is 0 Å². The first kappa shape index (κ1) is 18.2. The molecular weight excluding hydrogens is 340 g/mol. The zero-order valence-corrected chi connectivity index (χ0v) is 15.2. The fourth-order valence-electron chi connectivity index (χ4n) is 2.58. The van der Waals surface area contributed by atoms with Crippen molar-refractivity contribution in [3.8, 4) is 0 Å². The molecule has 2 N–H and O–H groups in total. The van der Waals surface area contributed by atoms with Crippen LogP contribution in [0.4, 0.5) is 5.69 Å². The third kappa shape index (κ3) is 4.95. The predicted molar refractivity (Wildman–Crippen MR) is 105 cm³/mol. The minimum absolute atomic E-state index is 0.0953. The average molecular weight is 360 g/mol. The summed E-state index contributed by atoms with van der Waals surface area (Å²) in [6.45, 7) is 3.84. The molecule has 0 bridgehead atoms. The van der Waals surface area contributed by atoms with Gasteiger partial charge in [-0.15, -0.1) is 0 Å². The number of rotatable bonds is 5. The summed E-state index contributed by atoms with van der Waals surface area (Å²) in [4.78, 5) is 25.3. The molecule has 0 radical (unpaired) electrons. The highest BCUT2D eigenvalue weighted by Gasteiger charge is 2.16. The summed E-state index contributed by atoms with van der Waals surface area (Å²) in [7, 11) is 0. The first-order chi connectivity index (χ1) is 13.0. The maximum absolute atomic E-state index is 12.7. The van der Waals surface area contributed by atoms with Crippen molar-refractivity contribution in [2.45, 2.75) is 13.8 Å². The fraction of sp³-hybridized carbons (Fsp3) is 0.0909. The molecule has 0 aliphatic heterocycles. The number of nitrogens with one attached hydrogen (secondary N) is 2. The highest BCUT2D eigenvalue weighted by Crippen LogP contribution is 2.13. The van der Waals surface area contributed by atoms with Crippen LogP contribution in [0.25, 0.3) is 6.08 Å². The zero-order chi connectivity index (χ0) is 19.2. The standard InChI is InChI=1S/C22H20N2O3/c1-15-6-3-8-17(12-15)21(25)24-20(14-19-10-5-11-27-19)22(26)23-18-9-4-7-16(2)13-18/h3-14H,1-2H3,(H,23,26)(H,24,25)/b20-14-. The lowest BCUT2D eigenvalue weighted by molar-refractivity contribution is -0.113. The summed E-state index contributed by atoms with van der Waals surface area (Å²) < 4.78 is 5.28. The van der Waals surface area contributed by atoms with Crippen molar-refractivity contribution in [3.05, 3.63) is 95.1 Å².